The van der Waals surface area contributed by atoms with Crippen LogP contribution in [0.4, 0.5) is 5.69 Å². The average molecular weight is 327 g/mol. The molecule has 2 atom stereocenters. The highest BCUT2D eigenvalue weighted by molar-refractivity contribution is 9.10. The molecule has 98 valence electrons. The van der Waals surface area contributed by atoms with Crippen LogP contribution < -0.4 is 10.6 Å². The molecule has 2 rings (SSSR count). The summed E-state index contributed by atoms with van der Waals surface area (Å²) in [6, 6.07) is 6.19. The fourth-order valence-electron chi connectivity index (χ4n) is 2.84. The van der Waals surface area contributed by atoms with Gasteiger partial charge in [0.25, 0.3) is 0 Å². The van der Waals surface area contributed by atoms with Crippen LogP contribution in [-0.2, 0) is 0 Å². The Labute approximate surface area is 123 Å². The van der Waals surface area contributed by atoms with Crippen LogP contribution >= 0.6 is 28.1 Å². The van der Waals surface area contributed by atoms with E-state index in [-0.39, 0.29) is 0 Å². The SMILES string of the molecule is CC1CC(C)CN(c2ccc(Br)cc2C(N)=S)C1. The maximum absolute atomic E-state index is 5.84. The highest BCUT2D eigenvalue weighted by Gasteiger charge is 2.24. The zero-order chi connectivity index (χ0) is 13.3. The molecule has 1 aromatic rings. The third kappa shape index (κ3) is 3.04. The predicted octanol–water partition coefficient (Wildman–Crippen LogP) is 3.57. The Hall–Kier alpha value is -0.610. The number of piperidine rings is 1. The van der Waals surface area contributed by atoms with Crippen LogP contribution in [0.3, 0.4) is 0 Å². The van der Waals surface area contributed by atoms with Gasteiger partial charge in [-0.05, 0) is 36.5 Å². The number of thiocarbonyl (C=S) groups is 1. The molecular weight excluding hydrogens is 308 g/mol. The second-order valence-electron chi connectivity index (χ2n) is 5.38. The minimum Gasteiger partial charge on any atom is -0.389 e. The van der Waals surface area contributed by atoms with Gasteiger partial charge in [0, 0.05) is 28.8 Å². The molecule has 0 aromatic heterocycles. The molecule has 2 nitrogen and oxygen atoms in total. The van der Waals surface area contributed by atoms with E-state index in [1.165, 1.54) is 12.1 Å². The Morgan fingerprint density at radius 1 is 1.33 bits per heavy atom. The van der Waals surface area contributed by atoms with E-state index in [4.69, 9.17) is 18.0 Å². The van der Waals surface area contributed by atoms with Crippen LogP contribution in [0.25, 0.3) is 0 Å². The number of rotatable bonds is 2. The van der Waals surface area contributed by atoms with Crippen molar-refractivity contribution in [1.29, 1.82) is 0 Å². The number of anilines is 1. The first kappa shape index (κ1) is 13.8. The van der Waals surface area contributed by atoms with Gasteiger partial charge in [-0.3, -0.25) is 0 Å². The van der Waals surface area contributed by atoms with Gasteiger partial charge >= 0.3 is 0 Å². The highest BCUT2D eigenvalue weighted by atomic mass is 79.9. The van der Waals surface area contributed by atoms with Gasteiger partial charge in [0.15, 0.2) is 0 Å². The molecule has 2 unspecified atom stereocenters. The molecule has 18 heavy (non-hydrogen) atoms. The van der Waals surface area contributed by atoms with Gasteiger partial charge in [-0.1, -0.05) is 42.0 Å². The number of halogens is 1. The lowest BCUT2D eigenvalue weighted by atomic mass is 9.91. The molecule has 0 amide bonds. The van der Waals surface area contributed by atoms with E-state index in [1.54, 1.807) is 0 Å². The molecule has 0 saturated carbocycles. The molecule has 0 aliphatic carbocycles. The number of nitrogens with two attached hydrogens (primary N) is 1. The van der Waals surface area contributed by atoms with E-state index in [2.05, 4.69) is 46.8 Å². The lowest BCUT2D eigenvalue weighted by Gasteiger charge is -2.37. The summed E-state index contributed by atoms with van der Waals surface area (Å²) in [6.45, 7) is 6.78. The minimum atomic E-state index is 0.470. The van der Waals surface area contributed by atoms with Crippen molar-refractivity contribution in [3.63, 3.8) is 0 Å². The molecule has 1 saturated heterocycles. The van der Waals surface area contributed by atoms with Crippen molar-refractivity contribution in [2.75, 3.05) is 18.0 Å². The first-order valence-corrected chi connectivity index (χ1v) is 7.51. The van der Waals surface area contributed by atoms with Crippen molar-refractivity contribution in [2.45, 2.75) is 20.3 Å². The number of benzene rings is 1. The van der Waals surface area contributed by atoms with Gasteiger partial charge in [0.05, 0.1) is 0 Å². The van der Waals surface area contributed by atoms with E-state index in [1.807, 2.05) is 6.07 Å². The predicted molar refractivity (Wildman–Crippen MR) is 85.2 cm³/mol. The third-order valence-corrected chi connectivity index (χ3v) is 4.15. The Kier molecular flexibility index (Phi) is 4.28. The van der Waals surface area contributed by atoms with Crippen molar-refractivity contribution in [3.05, 3.63) is 28.2 Å². The maximum atomic E-state index is 5.84. The summed E-state index contributed by atoms with van der Waals surface area (Å²) in [7, 11) is 0. The number of nitrogens with zero attached hydrogens (tertiary/aromatic N) is 1. The van der Waals surface area contributed by atoms with E-state index >= 15 is 0 Å². The van der Waals surface area contributed by atoms with Crippen LogP contribution in [0, 0.1) is 11.8 Å². The van der Waals surface area contributed by atoms with E-state index in [0.29, 0.717) is 4.99 Å². The molecule has 1 heterocycles. The molecule has 1 aromatic carbocycles. The third-order valence-electron chi connectivity index (χ3n) is 3.43. The summed E-state index contributed by atoms with van der Waals surface area (Å²) in [5.74, 6) is 1.44. The van der Waals surface area contributed by atoms with E-state index < -0.39 is 0 Å². The maximum Gasteiger partial charge on any atom is 0.106 e. The molecular formula is C14H19BrN2S. The summed E-state index contributed by atoms with van der Waals surface area (Å²) < 4.78 is 1.02. The second-order valence-corrected chi connectivity index (χ2v) is 6.73. The normalized spacial score (nSPS) is 24.1. The zero-order valence-electron chi connectivity index (χ0n) is 10.8. The summed E-state index contributed by atoms with van der Waals surface area (Å²) in [6.07, 6.45) is 1.30. The fraction of sp³-hybridized carbons (Fsp3) is 0.500. The Morgan fingerprint density at radius 2 is 1.94 bits per heavy atom. The van der Waals surface area contributed by atoms with Crippen molar-refractivity contribution in [3.8, 4) is 0 Å². The Balaban J connectivity index is 2.35. The fourth-order valence-corrected chi connectivity index (χ4v) is 3.37. The van der Waals surface area contributed by atoms with Crippen LogP contribution in [0.15, 0.2) is 22.7 Å². The van der Waals surface area contributed by atoms with Gasteiger partial charge in [0.2, 0.25) is 0 Å². The summed E-state index contributed by atoms with van der Waals surface area (Å²) in [5, 5.41) is 0. The van der Waals surface area contributed by atoms with Crippen molar-refractivity contribution < 1.29 is 0 Å². The van der Waals surface area contributed by atoms with Crippen molar-refractivity contribution in [1.82, 2.24) is 0 Å². The molecule has 0 radical (unpaired) electrons. The average Bonchev–Trinajstić information content (AvgIpc) is 2.27. The Bertz CT molecular complexity index is 451. The largest absolute Gasteiger partial charge is 0.389 e. The molecule has 0 spiro atoms. The standard InChI is InChI=1S/C14H19BrN2S/c1-9-5-10(2)8-17(7-9)13-4-3-11(15)6-12(13)14(16)18/h3-4,6,9-10H,5,7-8H2,1-2H3,(H2,16,18). The van der Waals surface area contributed by atoms with Crippen LogP contribution in [0.2, 0.25) is 0 Å². The van der Waals surface area contributed by atoms with Crippen LogP contribution in [-0.4, -0.2) is 18.1 Å². The summed E-state index contributed by atoms with van der Waals surface area (Å²) in [5.41, 5.74) is 7.99. The zero-order valence-corrected chi connectivity index (χ0v) is 13.2. The lowest BCUT2D eigenvalue weighted by molar-refractivity contribution is 0.357. The summed E-state index contributed by atoms with van der Waals surface area (Å²) in [4.78, 5) is 2.89. The highest BCUT2D eigenvalue weighted by Crippen LogP contribution is 2.30. The number of hydrogen-bond donors (Lipinski definition) is 1. The number of hydrogen-bond acceptors (Lipinski definition) is 2. The topological polar surface area (TPSA) is 29.3 Å². The molecule has 1 fully saturated rings. The lowest BCUT2D eigenvalue weighted by Crippen LogP contribution is -2.39. The van der Waals surface area contributed by atoms with Gasteiger partial charge in [-0.15, -0.1) is 0 Å². The monoisotopic (exact) mass is 326 g/mol. The van der Waals surface area contributed by atoms with E-state index in [0.717, 1.165) is 35.0 Å². The molecule has 1 aliphatic heterocycles. The Morgan fingerprint density at radius 3 is 2.50 bits per heavy atom. The van der Waals surface area contributed by atoms with Crippen LogP contribution in [0.5, 0.6) is 0 Å². The second kappa shape index (κ2) is 5.57. The summed E-state index contributed by atoms with van der Waals surface area (Å²) >= 11 is 8.65. The van der Waals surface area contributed by atoms with Crippen molar-refractivity contribution >= 4 is 38.8 Å². The minimum absolute atomic E-state index is 0.470. The molecule has 4 heteroatoms. The first-order chi connectivity index (χ1) is 8.47. The van der Waals surface area contributed by atoms with Gasteiger partial charge in [-0.25, -0.2) is 0 Å². The molecule has 2 N–H and O–H groups in total. The smallest absolute Gasteiger partial charge is 0.106 e. The van der Waals surface area contributed by atoms with Crippen molar-refractivity contribution in [2.24, 2.45) is 17.6 Å². The van der Waals surface area contributed by atoms with Crippen LogP contribution in [0.1, 0.15) is 25.8 Å². The van der Waals surface area contributed by atoms with E-state index in [9.17, 15) is 0 Å². The quantitative estimate of drug-likeness (QED) is 0.842. The van der Waals surface area contributed by atoms with Gasteiger partial charge < -0.3 is 10.6 Å². The van der Waals surface area contributed by atoms with Gasteiger partial charge in [-0.2, -0.15) is 0 Å². The van der Waals surface area contributed by atoms with Gasteiger partial charge in [0.1, 0.15) is 4.99 Å². The first-order valence-electron chi connectivity index (χ1n) is 6.31. The molecule has 0 bridgehead atoms. The molecule has 1 aliphatic rings.